The van der Waals surface area contributed by atoms with E-state index >= 15 is 0 Å². The zero-order chi connectivity index (χ0) is 20.9. The minimum absolute atomic E-state index is 0.114. The van der Waals surface area contributed by atoms with Gasteiger partial charge in [-0.3, -0.25) is 9.59 Å². The Kier molecular flexibility index (Phi) is 5.94. The summed E-state index contributed by atoms with van der Waals surface area (Å²) in [5.74, 6) is -0.929. The summed E-state index contributed by atoms with van der Waals surface area (Å²) in [6.45, 7) is 3.03. The van der Waals surface area contributed by atoms with Gasteiger partial charge in [0.25, 0.3) is 0 Å². The van der Waals surface area contributed by atoms with Gasteiger partial charge in [-0.25, -0.2) is 0 Å². The number of amides is 2. The number of carbonyl (C=O) groups is 2. The Morgan fingerprint density at radius 3 is 2.50 bits per heavy atom. The van der Waals surface area contributed by atoms with Crippen LogP contribution in [0.2, 0.25) is 0 Å². The van der Waals surface area contributed by atoms with Crippen LogP contribution in [0.3, 0.4) is 0 Å². The molecule has 1 N–H and O–H groups in total. The molecule has 0 radical (unpaired) electrons. The summed E-state index contributed by atoms with van der Waals surface area (Å²) in [5.41, 5.74) is 5.39. The van der Waals surface area contributed by atoms with Crippen molar-refractivity contribution in [2.24, 2.45) is 5.92 Å². The molecule has 3 aromatic rings. The summed E-state index contributed by atoms with van der Waals surface area (Å²) in [5, 5.41) is 2.94. The van der Waals surface area contributed by atoms with Crippen molar-refractivity contribution in [1.29, 1.82) is 0 Å². The number of nitrogens with one attached hydrogen (secondary N) is 1. The average molecular weight is 399 g/mol. The first-order chi connectivity index (χ1) is 14.6. The summed E-state index contributed by atoms with van der Waals surface area (Å²) in [4.78, 5) is 27.6. The Hall–Kier alpha value is -3.40. The monoisotopic (exact) mass is 398 g/mol. The summed E-state index contributed by atoms with van der Waals surface area (Å²) in [6.07, 6.45) is 1.29. The van der Waals surface area contributed by atoms with Crippen LogP contribution in [0, 0.1) is 12.8 Å². The minimum atomic E-state index is -0.625. The lowest BCUT2D eigenvalue weighted by molar-refractivity contribution is -0.132. The number of hydrogen-bond acceptors (Lipinski definition) is 2. The maximum Gasteiger partial charge on any atom is 0.239 e. The number of nitrogens with zero attached hydrogens (tertiary/aromatic N) is 1. The molecule has 30 heavy (non-hydrogen) atoms. The van der Waals surface area contributed by atoms with Crippen molar-refractivity contribution < 1.29 is 9.59 Å². The molecule has 3 aromatic carbocycles. The van der Waals surface area contributed by atoms with Crippen molar-refractivity contribution in [3.05, 3.63) is 101 Å². The molecule has 0 aliphatic carbocycles. The van der Waals surface area contributed by atoms with Crippen LogP contribution in [-0.2, 0) is 22.6 Å². The molecule has 0 unspecified atom stereocenters. The van der Waals surface area contributed by atoms with Gasteiger partial charge in [0.2, 0.25) is 11.8 Å². The number of anilines is 1. The Labute approximate surface area is 177 Å². The van der Waals surface area contributed by atoms with Gasteiger partial charge in [-0.05, 0) is 42.5 Å². The summed E-state index contributed by atoms with van der Waals surface area (Å²) < 4.78 is 0. The van der Waals surface area contributed by atoms with E-state index in [9.17, 15) is 9.59 Å². The number of benzene rings is 3. The van der Waals surface area contributed by atoms with Crippen molar-refractivity contribution >= 4 is 17.5 Å². The molecule has 4 nitrogen and oxygen atoms in total. The molecule has 1 aliphatic rings. The molecule has 1 heterocycles. The molecule has 0 aromatic heterocycles. The summed E-state index contributed by atoms with van der Waals surface area (Å²) in [6, 6.07) is 26.2. The van der Waals surface area contributed by atoms with E-state index < -0.39 is 5.92 Å². The molecule has 4 rings (SSSR count). The Bertz CT molecular complexity index is 1050. The van der Waals surface area contributed by atoms with E-state index in [-0.39, 0.29) is 11.8 Å². The second-order valence-corrected chi connectivity index (χ2v) is 7.83. The van der Waals surface area contributed by atoms with E-state index in [0.717, 1.165) is 28.8 Å². The predicted octanol–water partition coefficient (Wildman–Crippen LogP) is 4.26. The zero-order valence-corrected chi connectivity index (χ0v) is 17.2. The maximum atomic E-state index is 13.1. The third kappa shape index (κ3) is 4.43. The van der Waals surface area contributed by atoms with Crippen LogP contribution in [0.4, 0.5) is 5.69 Å². The second-order valence-electron chi connectivity index (χ2n) is 7.83. The largest absolute Gasteiger partial charge is 0.351 e. The van der Waals surface area contributed by atoms with E-state index in [4.69, 9.17) is 0 Å². The van der Waals surface area contributed by atoms with Gasteiger partial charge in [0.1, 0.15) is 5.92 Å². The van der Waals surface area contributed by atoms with Crippen LogP contribution in [0.15, 0.2) is 78.9 Å². The zero-order valence-electron chi connectivity index (χ0n) is 17.2. The van der Waals surface area contributed by atoms with Gasteiger partial charge in [-0.2, -0.15) is 0 Å². The Morgan fingerprint density at radius 2 is 1.70 bits per heavy atom. The van der Waals surface area contributed by atoms with E-state index in [0.29, 0.717) is 19.5 Å². The van der Waals surface area contributed by atoms with Crippen LogP contribution in [-0.4, -0.2) is 18.4 Å². The molecule has 152 valence electrons. The van der Waals surface area contributed by atoms with Gasteiger partial charge in [-0.1, -0.05) is 78.4 Å². The molecule has 2 amide bonds. The number of hydrogen-bond donors (Lipinski definition) is 1. The number of carbonyl (C=O) groups excluding carboxylic acids is 2. The first-order valence-electron chi connectivity index (χ1n) is 10.4. The molecule has 0 bridgehead atoms. The van der Waals surface area contributed by atoms with Crippen molar-refractivity contribution in [2.45, 2.75) is 26.3 Å². The highest BCUT2D eigenvalue weighted by molar-refractivity contribution is 6.09. The van der Waals surface area contributed by atoms with Crippen molar-refractivity contribution in [2.75, 3.05) is 11.4 Å². The topological polar surface area (TPSA) is 49.4 Å². The van der Waals surface area contributed by atoms with Gasteiger partial charge in [0.05, 0.1) is 0 Å². The lowest BCUT2D eigenvalue weighted by atomic mass is 10.0. The van der Waals surface area contributed by atoms with Crippen LogP contribution in [0.1, 0.15) is 28.7 Å². The molecule has 1 atom stereocenters. The Morgan fingerprint density at radius 1 is 0.967 bits per heavy atom. The van der Waals surface area contributed by atoms with Crippen LogP contribution >= 0.6 is 0 Å². The van der Waals surface area contributed by atoms with Gasteiger partial charge in [-0.15, -0.1) is 0 Å². The fraction of sp³-hybridized carbons (Fsp3) is 0.231. The van der Waals surface area contributed by atoms with E-state index in [1.54, 1.807) is 4.90 Å². The molecule has 1 aliphatic heterocycles. The van der Waals surface area contributed by atoms with E-state index in [2.05, 4.69) is 23.5 Å². The van der Waals surface area contributed by atoms with E-state index in [1.807, 2.05) is 67.6 Å². The van der Waals surface area contributed by atoms with Gasteiger partial charge in [0, 0.05) is 18.8 Å². The smallest absolute Gasteiger partial charge is 0.239 e. The lowest BCUT2D eigenvalue weighted by Gasteiger charge is -2.20. The van der Waals surface area contributed by atoms with E-state index in [1.165, 1.54) is 5.56 Å². The SMILES string of the molecule is Cc1cccc(CNC(=O)[C@@H]2CCN(c3ccccc3Cc3ccccc3)C2=O)c1. The molecule has 4 heteroatoms. The van der Waals surface area contributed by atoms with Crippen molar-refractivity contribution in [3.8, 4) is 0 Å². The number of aryl methyl sites for hydroxylation is 1. The highest BCUT2D eigenvalue weighted by Gasteiger charge is 2.38. The fourth-order valence-corrected chi connectivity index (χ4v) is 4.04. The first kappa shape index (κ1) is 19.9. The second kappa shape index (κ2) is 8.95. The van der Waals surface area contributed by atoms with Crippen LogP contribution in [0.25, 0.3) is 0 Å². The minimum Gasteiger partial charge on any atom is -0.351 e. The number of para-hydroxylation sites is 1. The highest BCUT2D eigenvalue weighted by Crippen LogP contribution is 2.30. The third-order valence-corrected chi connectivity index (χ3v) is 5.59. The van der Waals surface area contributed by atoms with Gasteiger partial charge < -0.3 is 10.2 Å². The third-order valence-electron chi connectivity index (χ3n) is 5.59. The normalized spacial score (nSPS) is 16.0. The first-order valence-corrected chi connectivity index (χ1v) is 10.4. The fourth-order valence-electron chi connectivity index (χ4n) is 4.04. The van der Waals surface area contributed by atoms with Crippen LogP contribution in [0.5, 0.6) is 0 Å². The molecule has 1 fully saturated rings. The predicted molar refractivity (Wildman–Crippen MR) is 119 cm³/mol. The maximum absolute atomic E-state index is 13.1. The summed E-state index contributed by atoms with van der Waals surface area (Å²) >= 11 is 0. The molecule has 1 saturated heterocycles. The van der Waals surface area contributed by atoms with Crippen LogP contribution < -0.4 is 10.2 Å². The Balaban J connectivity index is 1.45. The standard InChI is InChI=1S/C26H26N2O2/c1-19-8-7-11-21(16-19)18-27-25(29)23-14-15-28(26(23)30)24-13-6-5-12-22(24)17-20-9-3-2-4-10-20/h2-13,16,23H,14-15,17-18H2,1H3,(H,27,29)/t23-/m0/s1. The lowest BCUT2D eigenvalue weighted by Crippen LogP contribution is -2.36. The quantitative estimate of drug-likeness (QED) is 0.631. The van der Waals surface area contributed by atoms with Gasteiger partial charge in [0.15, 0.2) is 0 Å². The molecular weight excluding hydrogens is 372 g/mol. The molecule has 0 saturated carbocycles. The molecule has 0 spiro atoms. The summed E-state index contributed by atoms with van der Waals surface area (Å²) in [7, 11) is 0. The molecular formula is C26H26N2O2. The highest BCUT2D eigenvalue weighted by atomic mass is 16.2. The van der Waals surface area contributed by atoms with Gasteiger partial charge >= 0.3 is 0 Å². The van der Waals surface area contributed by atoms with Crippen molar-refractivity contribution in [1.82, 2.24) is 5.32 Å². The van der Waals surface area contributed by atoms with Crippen molar-refractivity contribution in [3.63, 3.8) is 0 Å². The number of rotatable bonds is 6. The average Bonchev–Trinajstić information content (AvgIpc) is 3.14.